The third kappa shape index (κ3) is 2.87. The molecule has 3 rings (SSSR count). The highest BCUT2D eigenvalue weighted by Crippen LogP contribution is 2.30. The first-order chi connectivity index (χ1) is 10.7. The summed E-state index contributed by atoms with van der Waals surface area (Å²) in [4.78, 5) is 18.5. The average molecular weight is 314 g/mol. The van der Waals surface area contributed by atoms with Crippen molar-refractivity contribution in [2.24, 2.45) is 0 Å². The number of aromatic nitrogens is 1. The molecule has 1 aromatic carbocycles. The van der Waals surface area contributed by atoms with Crippen LogP contribution in [0.3, 0.4) is 0 Å². The molecule has 22 heavy (non-hydrogen) atoms. The van der Waals surface area contributed by atoms with Crippen molar-refractivity contribution >= 4 is 22.9 Å². The van der Waals surface area contributed by atoms with Gasteiger partial charge in [-0.2, -0.15) is 0 Å². The minimum atomic E-state index is -0.317. The second-order valence-electron chi connectivity index (χ2n) is 4.63. The molecule has 0 radical (unpaired) electrons. The Morgan fingerprint density at radius 2 is 2.18 bits per heavy atom. The van der Waals surface area contributed by atoms with Crippen LogP contribution in [0.1, 0.15) is 15.4 Å². The summed E-state index contributed by atoms with van der Waals surface area (Å²) in [6.45, 7) is 2.00. The second kappa shape index (κ2) is 6.03. The van der Waals surface area contributed by atoms with Crippen molar-refractivity contribution in [1.29, 1.82) is 0 Å². The lowest BCUT2D eigenvalue weighted by Crippen LogP contribution is -2.13. The topological polar surface area (TPSA) is 64.4 Å². The predicted octanol–water partition coefficient (Wildman–Crippen LogP) is 3.97. The highest BCUT2D eigenvalue weighted by atomic mass is 32.1. The number of ether oxygens (including phenoxy) is 1. The molecule has 0 bridgehead atoms. The Balaban J connectivity index is 1.85. The number of benzene rings is 1. The van der Waals surface area contributed by atoms with Crippen LogP contribution in [0.15, 0.2) is 47.2 Å². The van der Waals surface area contributed by atoms with Gasteiger partial charge < -0.3 is 14.5 Å². The van der Waals surface area contributed by atoms with E-state index in [4.69, 9.17) is 9.15 Å². The summed E-state index contributed by atoms with van der Waals surface area (Å²) in [5.74, 6) is 0.841. The molecular formula is C16H14N2O3S. The minimum absolute atomic E-state index is 0.268. The van der Waals surface area contributed by atoms with Gasteiger partial charge in [-0.3, -0.25) is 4.79 Å². The number of anilines is 1. The Bertz CT molecular complexity index is 807. The van der Waals surface area contributed by atoms with Crippen LogP contribution in [0.5, 0.6) is 5.75 Å². The molecule has 0 saturated heterocycles. The summed E-state index contributed by atoms with van der Waals surface area (Å²) in [5, 5.41) is 2.80. The molecule has 3 aromatic rings. The van der Waals surface area contributed by atoms with E-state index < -0.39 is 0 Å². The molecule has 6 heteroatoms. The molecular weight excluding hydrogens is 300 g/mol. The van der Waals surface area contributed by atoms with E-state index in [1.165, 1.54) is 6.39 Å². The summed E-state index contributed by atoms with van der Waals surface area (Å²) >= 11 is 1.56. The number of aryl methyl sites for hydroxylation is 1. The Hall–Kier alpha value is -2.60. The van der Waals surface area contributed by atoms with E-state index in [0.717, 1.165) is 9.75 Å². The molecule has 0 aliphatic carbocycles. The minimum Gasteiger partial charge on any atom is -0.497 e. The standard InChI is InChI=1S/C16H14N2O3S/c1-10-6-7-13(22-10)15-14(17-9-21-15)16(19)18-11-4-3-5-12(8-11)20-2/h3-9H,1-2H3,(H,18,19). The molecule has 112 valence electrons. The van der Waals surface area contributed by atoms with Gasteiger partial charge in [-0.15, -0.1) is 11.3 Å². The maximum Gasteiger partial charge on any atom is 0.278 e. The van der Waals surface area contributed by atoms with Crippen molar-refractivity contribution in [1.82, 2.24) is 4.98 Å². The maximum atomic E-state index is 12.4. The van der Waals surface area contributed by atoms with E-state index in [0.29, 0.717) is 17.2 Å². The van der Waals surface area contributed by atoms with Crippen molar-refractivity contribution in [2.45, 2.75) is 6.92 Å². The number of thiophene rings is 1. The average Bonchev–Trinajstić information content (AvgIpc) is 3.15. The summed E-state index contributed by atoms with van der Waals surface area (Å²) in [7, 11) is 1.58. The van der Waals surface area contributed by atoms with Crippen molar-refractivity contribution in [3.05, 3.63) is 53.4 Å². The monoisotopic (exact) mass is 314 g/mol. The number of carbonyl (C=O) groups excluding carboxylic acids is 1. The fourth-order valence-corrected chi connectivity index (χ4v) is 2.89. The third-order valence-corrected chi connectivity index (χ3v) is 4.07. The molecule has 5 nitrogen and oxygen atoms in total. The number of hydrogen-bond acceptors (Lipinski definition) is 5. The van der Waals surface area contributed by atoms with Gasteiger partial charge in [0.25, 0.3) is 5.91 Å². The molecule has 0 fully saturated rings. The Labute approximate surface area is 131 Å². The first-order valence-corrected chi connectivity index (χ1v) is 7.44. The fourth-order valence-electron chi connectivity index (χ4n) is 2.03. The second-order valence-corrected chi connectivity index (χ2v) is 5.91. The lowest BCUT2D eigenvalue weighted by molar-refractivity contribution is 0.102. The van der Waals surface area contributed by atoms with E-state index in [2.05, 4.69) is 10.3 Å². The number of carbonyl (C=O) groups is 1. The predicted molar refractivity (Wildman–Crippen MR) is 85.5 cm³/mol. The van der Waals surface area contributed by atoms with Gasteiger partial charge in [0.2, 0.25) is 0 Å². The fraction of sp³-hybridized carbons (Fsp3) is 0.125. The lowest BCUT2D eigenvalue weighted by Gasteiger charge is -2.06. The number of nitrogens with zero attached hydrogens (tertiary/aromatic N) is 1. The molecule has 1 N–H and O–H groups in total. The van der Waals surface area contributed by atoms with Gasteiger partial charge in [0.1, 0.15) is 5.75 Å². The van der Waals surface area contributed by atoms with Gasteiger partial charge in [0.15, 0.2) is 17.8 Å². The number of hydrogen-bond donors (Lipinski definition) is 1. The van der Waals surface area contributed by atoms with Crippen molar-refractivity contribution in [2.75, 3.05) is 12.4 Å². The third-order valence-electron chi connectivity index (χ3n) is 3.07. The molecule has 0 saturated carbocycles. The number of oxazole rings is 1. The SMILES string of the molecule is COc1cccc(NC(=O)c2ncoc2-c2ccc(C)s2)c1. The van der Waals surface area contributed by atoms with Gasteiger partial charge in [0.05, 0.1) is 12.0 Å². The molecule has 2 heterocycles. The summed E-state index contributed by atoms with van der Waals surface area (Å²) in [6.07, 6.45) is 1.28. The van der Waals surface area contributed by atoms with E-state index in [1.807, 2.05) is 25.1 Å². The molecule has 0 spiro atoms. The van der Waals surface area contributed by atoms with E-state index in [-0.39, 0.29) is 11.6 Å². The Morgan fingerprint density at radius 3 is 2.91 bits per heavy atom. The van der Waals surface area contributed by atoms with E-state index >= 15 is 0 Å². The molecule has 0 unspecified atom stereocenters. The van der Waals surface area contributed by atoms with Crippen molar-refractivity contribution < 1.29 is 13.9 Å². The molecule has 1 amide bonds. The van der Waals surface area contributed by atoms with Crippen LogP contribution in [0.4, 0.5) is 5.69 Å². The van der Waals surface area contributed by atoms with Crippen LogP contribution in [0.25, 0.3) is 10.6 Å². The van der Waals surface area contributed by atoms with Gasteiger partial charge >= 0.3 is 0 Å². The highest BCUT2D eigenvalue weighted by molar-refractivity contribution is 7.15. The van der Waals surface area contributed by atoms with Crippen LogP contribution in [0.2, 0.25) is 0 Å². The number of rotatable bonds is 4. The summed E-state index contributed by atoms with van der Waals surface area (Å²) < 4.78 is 10.5. The number of methoxy groups -OCH3 is 1. The normalized spacial score (nSPS) is 10.5. The molecule has 2 aromatic heterocycles. The zero-order valence-corrected chi connectivity index (χ0v) is 12.9. The molecule has 0 aliphatic rings. The van der Waals surface area contributed by atoms with Gasteiger partial charge in [-0.1, -0.05) is 6.07 Å². The largest absolute Gasteiger partial charge is 0.497 e. The maximum absolute atomic E-state index is 12.4. The van der Waals surface area contributed by atoms with Crippen LogP contribution in [-0.4, -0.2) is 18.0 Å². The van der Waals surface area contributed by atoms with Crippen LogP contribution in [-0.2, 0) is 0 Å². The lowest BCUT2D eigenvalue weighted by atomic mass is 10.2. The Kier molecular flexibility index (Phi) is 3.93. The van der Waals surface area contributed by atoms with E-state index in [1.54, 1.807) is 36.6 Å². The first-order valence-electron chi connectivity index (χ1n) is 6.63. The van der Waals surface area contributed by atoms with Crippen molar-refractivity contribution in [3.8, 4) is 16.4 Å². The van der Waals surface area contributed by atoms with Gasteiger partial charge in [-0.05, 0) is 31.2 Å². The summed E-state index contributed by atoms with van der Waals surface area (Å²) in [5.41, 5.74) is 0.908. The van der Waals surface area contributed by atoms with Gasteiger partial charge in [0, 0.05) is 16.6 Å². The quantitative estimate of drug-likeness (QED) is 0.791. The Morgan fingerprint density at radius 1 is 1.32 bits per heavy atom. The smallest absolute Gasteiger partial charge is 0.278 e. The zero-order chi connectivity index (χ0) is 15.5. The van der Waals surface area contributed by atoms with Gasteiger partial charge in [-0.25, -0.2) is 4.98 Å². The van der Waals surface area contributed by atoms with E-state index in [9.17, 15) is 4.79 Å². The highest BCUT2D eigenvalue weighted by Gasteiger charge is 2.19. The summed E-state index contributed by atoms with van der Waals surface area (Å²) in [6, 6.07) is 11.0. The first kappa shape index (κ1) is 14.3. The molecule has 0 aliphatic heterocycles. The van der Waals surface area contributed by atoms with Crippen LogP contribution < -0.4 is 10.1 Å². The number of amides is 1. The molecule has 0 atom stereocenters. The van der Waals surface area contributed by atoms with Crippen LogP contribution in [0, 0.1) is 6.92 Å². The van der Waals surface area contributed by atoms with Crippen molar-refractivity contribution in [3.63, 3.8) is 0 Å². The van der Waals surface area contributed by atoms with Crippen LogP contribution >= 0.6 is 11.3 Å². The zero-order valence-electron chi connectivity index (χ0n) is 12.1. The number of nitrogens with one attached hydrogen (secondary N) is 1.